The van der Waals surface area contributed by atoms with Crippen LogP contribution < -0.4 is 0 Å². The van der Waals surface area contributed by atoms with Crippen molar-refractivity contribution in [3.8, 4) is 0 Å². The van der Waals surface area contributed by atoms with Crippen LogP contribution in [0.4, 0.5) is 4.79 Å². The number of ether oxygens (including phenoxy) is 1. The lowest BCUT2D eigenvalue weighted by Crippen LogP contribution is -2.11. The van der Waals surface area contributed by atoms with Crippen LogP contribution in [0.15, 0.2) is 0 Å². The van der Waals surface area contributed by atoms with Crippen molar-refractivity contribution < 1.29 is 9.53 Å². The minimum atomic E-state index is -0.856. The van der Waals surface area contributed by atoms with Crippen molar-refractivity contribution >= 4 is 40.2 Å². The minimum absolute atomic E-state index is 0.0629. The Morgan fingerprint density at radius 1 is 1.67 bits per heavy atom. The number of carbonyl (C=O) groups is 1. The summed E-state index contributed by atoms with van der Waals surface area (Å²) in [5.41, 5.74) is -0.856. The Bertz CT molecular complexity index is 95.8. The van der Waals surface area contributed by atoms with Gasteiger partial charge in [0.05, 0.1) is 5.38 Å². The lowest BCUT2D eigenvalue weighted by atomic mass is 10.5. The Hall–Kier alpha value is 0.340. The van der Waals surface area contributed by atoms with E-state index in [-0.39, 0.29) is 17.9 Å². The second kappa shape index (κ2) is 5.15. The van der Waals surface area contributed by atoms with Gasteiger partial charge in [-0.1, -0.05) is 0 Å². The molecule has 0 amide bonds. The first-order valence-corrected chi connectivity index (χ1v) is 3.54. The van der Waals surface area contributed by atoms with E-state index in [1.807, 2.05) is 0 Å². The summed E-state index contributed by atoms with van der Waals surface area (Å²) in [5.74, 6) is 0.242. The molecule has 0 bridgehead atoms. The number of rotatable bonds is 3. The van der Waals surface area contributed by atoms with Crippen LogP contribution in [0.25, 0.3) is 0 Å². The molecule has 0 saturated heterocycles. The molecule has 0 aromatic rings. The highest BCUT2D eigenvalue weighted by atomic mass is 35.5. The van der Waals surface area contributed by atoms with Crippen molar-refractivity contribution in [3.63, 3.8) is 0 Å². The van der Waals surface area contributed by atoms with Gasteiger partial charge in [0.1, 0.15) is 6.61 Å². The Labute approximate surface area is 68.0 Å². The first-order valence-electron chi connectivity index (χ1n) is 2.19. The van der Waals surface area contributed by atoms with Crippen molar-refractivity contribution in [1.29, 1.82) is 0 Å². The van der Waals surface area contributed by atoms with E-state index in [4.69, 9.17) is 34.8 Å². The molecule has 9 heavy (non-hydrogen) atoms. The van der Waals surface area contributed by atoms with E-state index in [0.717, 1.165) is 0 Å². The maximum Gasteiger partial charge on any atom is 0.403 e. The second-order valence-corrected chi connectivity index (χ2v) is 2.53. The topological polar surface area (TPSA) is 26.3 Å². The summed E-state index contributed by atoms with van der Waals surface area (Å²) in [6.45, 7) is 0.0629. The van der Waals surface area contributed by atoms with Gasteiger partial charge >= 0.3 is 5.43 Å². The summed E-state index contributed by atoms with van der Waals surface area (Å²) < 4.78 is 4.30. The van der Waals surface area contributed by atoms with E-state index < -0.39 is 5.43 Å². The first kappa shape index (κ1) is 9.34. The lowest BCUT2D eigenvalue weighted by Gasteiger charge is -2.02. The van der Waals surface area contributed by atoms with Gasteiger partial charge in [0.15, 0.2) is 0 Å². The summed E-state index contributed by atoms with van der Waals surface area (Å²) >= 11 is 15.5. The average molecular weight is 191 g/mol. The number of hydrogen-bond acceptors (Lipinski definition) is 2. The molecular weight excluding hydrogens is 186 g/mol. The molecule has 0 spiro atoms. The SMILES string of the molecule is O=C(Cl)OCC(Cl)CCl. The largest absolute Gasteiger partial charge is 0.452 e. The van der Waals surface area contributed by atoms with Crippen molar-refractivity contribution in [3.05, 3.63) is 0 Å². The van der Waals surface area contributed by atoms with E-state index in [1.54, 1.807) is 0 Å². The monoisotopic (exact) mass is 190 g/mol. The predicted octanol–water partition coefficient (Wildman–Crippen LogP) is 2.21. The van der Waals surface area contributed by atoms with Crippen molar-refractivity contribution in [2.75, 3.05) is 12.5 Å². The quantitative estimate of drug-likeness (QED) is 0.505. The maximum atomic E-state index is 9.91. The normalized spacial score (nSPS) is 12.8. The molecule has 0 rings (SSSR count). The van der Waals surface area contributed by atoms with Crippen molar-refractivity contribution in [2.24, 2.45) is 0 Å². The van der Waals surface area contributed by atoms with Crippen molar-refractivity contribution in [2.45, 2.75) is 5.38 Å². The minimum Gasteiger partial charge on any atom is -0.452 e. The van der Waals surface area contributed by atoms with Gasteiger partial charge in [0, 0.05) is 17.5 Å². The van der Waals surface area contributed by atoms with Gasteiger partial charge in [-0.3, -0.25) is 0 Å². The molecule has 54 valence electrons. The molecule has 0 aliphatic carbocycles. The highest BCUT2D eigenvalue weighted by Crippen LogP contribution is 2.00. The molecule has 0 saturated carbocycles. The molecule has 0 aromatic heterocycles. The van der Waals surface area contributed by atoms with Crippen LogP contribution in [0.1, 0.15) is 0 Å². The van der Waals surface area contributed by atoms with E-state index in [1.165, 1.54) is 0 Å². The zero-order valence-electron chi connectivity index (χ0n) is 4.44. The Balaban J connectivity index is 3.16. The molecule has 0 fully saturated rings. The molecule has 0 N–H and O–H groups in total. The van der Waals surface area contributed by atoms with E-state index in [9.17, 15) is 4.79 Å². The molecule has 1 unspecified atom stereocenters. The van der Waals surface area contributed by atoms with Crippen LogP contribution >= 0.6 is 34.8 Å². The summed E-state index contributed by atoms with van der Waals surface area (Å²) in [6, 6.07) is 0. The highest BCUT2D eigenvalue weighted by Gasteiger charge is 2.04. The fourth-order valence-corrected chi connectivity index (χ4v) is 0.416. The zero-order valence-corrected chi connectivity index (χ0v) is 6.71. The van der Waals surface area contributed by atoms with Crippen molar-refractivity contribution in [1.82, 2.24) is 0 Å². The van der Waals surface area contributed by atoms with Crippen LogP contribution in [-0.4, -0.2) is 23.3 Å². The second-order valence-electron chi connectivity index (χ2n) is 1.30. The van der Waals surface area contributed by atoms with Gasteiger partial charge in [-0.15, -0.1) is 23.2 Å². The Kier molecular flexibility index (Phi) is 5.35. The van der Waals surface area contributed by atoms with Gasteiger partial charge < -0.3 is 4.74 Å². The van der Waals surface area contributed by atoms with Crippen LogP contribution in [0, 0.1) is 0 Å². The smallest absolute Gasteiger partial charge is 0.403 e. The molecule has 0 heterocycles. The van der Waals surface area contributed by atoms with Crippen LogP contribution in [0.5, 0.6) is 0 Å². The molecule has 2 nitrogen and oxygen atoms in total. The Morgan fingerprint density at radius 2 is 2.22 bits per heavy atom. The molecule has 0 aromatic carbocycles. The van der Waals surface area contributed by atoms with Crippen LogP contribution in [0.2, 0.25) is 0 Å². The fourth-order valence-electron chi connectivity index (χ4n) is 0.200. The van der Waals surface area contributed by atoms with Gasteiger partial charge in [0.2, 0.25) is 0 Å². The summed E-state index contributed by atoms with van der Waals surface area (Å²) in [6.07, 6.45) is 0. The predicted molar refractivity (Wildman–Crippen MR) is 37.6 cm³/mol. The lowest BCUT2D eigenvalue weighted by molar-refractivity contribution is 0.175. The zero-order chi connectivity index (χ0) is 7.28. The third-order valence-corrected chi connectivity index (χ3v) is 1.46. The van der Waals surface area contributed by atoms with E-state index >= 15 is 0 Å². The standard InChI is InChI=1S/C4H5Cl3O2/c5-1-3(6)2-9-4(7)8/h3H,1-2H2. The highest BCUT2D eigenvalue weighted by molar-refractivity contribution is 6.61. The third-order valence-electron chi connectivity index (χ3n) is 0.545. The number of alkyl halides is 2. The molecule has 1 atom stereocenters. The molecular formula is C4H5Cl3O2. The van der Waals surface area contributed by atoms with E-state index in [2.05, 4.69) is 4.74 Å². The first-order chi connectivity index (χ1) is 4.16. The van der Waals surface area contributed by atoms with Crippen LogP contribution in [-0.2, 0) is 4.74 Å². The molecule has 5 heteroatoms. The van der Waals surface area contributed by atoms with Gasteiger partial charge in [-0.25, -0.2) is 4.79 Å². The third kappa shape index (κ3) is 6.22. The van der Waals surface area contributed by atoms with E-state index in [0.29, 0.717) is 0 Å². The average Bonchev–Trinajstić information content (AvgIpc) is 1.83. The number of hydrogen-bond donors (Lipinski definition) is 0. The van der Waals surface area contributed by atoms with Gasteiger partial charge in [0.25, 0.3) is 0 Å². The summed E-state index contributed by atoms with van der Waals surface area (Å²) in [4.78, 5) is 9.91. The molecule has 0 aliphatic rings. The van der Waals surface area contributed by atoms with Crippen LogP contribution in [0.3, 0.4) is 0 Å². The number of carbonyl (C=O) groups excluding carboxylic acids is 1. The molecule has 0 aliphatic heterocycles. The molecule has 0 radical (unpaired) electrons. The summed E-state index contributed by atoms with van der Waals surface area (Å²) in [7, 11) is 0. The summed E-state index contributed by atoms with van der Waals surface area (Å²) in [5, 5.41) is -0.352. The number of halogens is 3. The maximum absolute atomic E-state index is 9.91. The fraction of sp³-hybridized carbons (Fsp3) is 0.750. The Morgan fingerprint density at radius 3 is 2.56 bits per heavy atom. The van der Waals surface area contributed by atoms with Gasteiger partial charge in [-0.05, 0) is 0 Å². The van der Waals surface area contributed by atoms with Gasteiger partial charge in [-0.2, -0.15) is 0 Å².